The molecule has 0 bridgehead atoms. The summed E-state index contributed by atoms with van der Waals surface area (Å²) in [6.07, 6.45) is -1.07. The number of carbonyl (C=O) groups excluding carboxylic acids is 1. The largest absolute Gasteiger partial charge is 0.388 e. The van der Waals surface area contributed by atoms with Crippen LogP contribution in [0.3, 0.4) is 0 Å². The highest BCUT2D eigenvalue weighted by Crippen LogP contribution is 2.25. The molecule has 1 atom stereocenters. The molecule has 1 aromatic heterocycles. The van der Waals surface area contributed by atoms with E-state index in [2.05, 4.69) is 10.4 Å². The van der Waals surface area contributed by atoms with Crippen molar-refractivity contribution in [2.75, 3.05) is 5.32 Å². The van der Waals surface area contributed by atoms with Gasteiger partial charge in [0.15, 0.2) is 0 Å². The van der Waals surface area contributed by atoms with E-state index in [-0.39, 0.29) is 12.3 Å². The summed E-state index contributed by atoms with van der Waals surface area (Å²) in [4.78, 5) is 11.9. The summed E-state index contributed by atoms with van der Waals surface area (Å²) in [5, 5.41) is 17.7. The molecule has 0 radical (unpaired) electrons. The predicted octanol–water partition coefficient (Wildman–Crippen LogP) is 3.10. The Morgan fingerprint density at radius 3 is 2.48 bits per heavy atom. The second-order valence-electron chi connectivity index (χ2n) is 4.77. The van der Waals surface area contributed by atoms with E-state index in [1.165, 1.54) is 0 Å². The Kier molecular flexibility index (Phi) is 4.88. The Morgan fingerprint density at radius 2 is 1.95 bits per heavy atom. The van der Waals surface area contributed by atoms with Crippen LogP contribution in [-0.4, -0.2) is 20.8 Å². The zero-order valence-electron chi connectivity index (χ0n) is 11.6. The maximum atomic E-state index is 11.9. The van der Waals surface area contributed by atoms with Gasteiger partial charge in [-0.25, -0.2) is 0 Å². The molecule has 0 aliphatic rings. The highest BCUT2D eigenvalue weighted by Gasteiger charge is 2.15. The normalized spacial score (nSPS) is 12.2. The van der Waals surface area contributed by atoms with Gasteiger partial charge >= 0.3 is 0 Å². The molecule has 7 heteroatoms. The standard InChI is InChI=1S/C14H15Cl2N3O2/c1-8-3-13(19(2)18-8)17-14(21)7-12(20)9-4-10(15)6-11(16)5-9/h3-6,12,20H,7H2,1-2H3,(H,17,21). The number of carbonyl (C=O) groups is 1. The van der Waals surface area contributed by atoms with Crippen LogP contribution in [-0.2, 0) is 11.8 Å². The van der Waals surface area contributed by atoms with Crippen molar-refractivity contribution in [3.8, 4) is 0 Å². The molecule has 1 amide bonds. The zero-order chi connectivity index (χ0) is 15.6. The van der Waals surface area contributed by atoms with Crippen LogP contribution in [0.25, 0.3) is 0 Å². The molecule has 2 rings (SSSR count). The Morgan fingerprint density at radius 1 is 1.33 bits per heavy atom. The van der Waals surface area contributed by atoms with E-state index >= 15 is 0 Å². The van der Waals surface area contributed by atoms with Crippen LogP contribution in [0.15, 0.2) is 24.3 Å². The number of hydrogen-bond acceptors (Lipinski definition) is 3. The van der Waals surface area contributed by atoms with Gasteiger partial charge in [-0.15, -0.1) is 0 Å². The van der Waals surface area contributed by atoms with E-state index in [1.54, 1.807) is 36.0 Å². The minimum absolute atomic E-state index is 0.0963. The quantitative estimate of drug-likeness (QED) is 0.906. The van der Waals surface area contributed by atoms with Gasteiger partial charge in [-0.3, -0.25) is 9.48 Å². The van der Waals surface area contributed by atoms with Crippen LogP contribution in [0.5, 0.6) is 0 Å². The van der Waals surface area contributed by atoms with E-state index in [4.69, 9.17) is 23.2 Å². The lowest BCUT2D eigenvalue weighted by atomic mass is 10.1. The smallest absolute Gasteiger partial charge is 0.228 e. The highest BCUT2D eigenvalue weighted by molar-refractivity contribution is 6.34. The van der Waals surface area contributed by atoms with E-state index in [9.17, 15) is 9.90 Å². The van der Waals surface area contributed by atoms with Crippen LogP contribution in [0, 0.1) is 6.92 Å². The Labute approximate surface area is 132 Å². The number of aryl methyl sites for hydroxylation is 2. The lowest BCUT2D eigenvalue weighted by Crippen LogP contribution is -2.17. The Bertz CT molecular complexity index is 650. The summed E-state index contributed by atoms with van der Waals surface area (Å²) in [5.74, 6) is 0.260. The summed E-state index contributed by atoms with van der Waals surface area (Å²) in [6.45, 7) is 1.83. The van der Waals surface area contributed by atoms with Crippen LogP contribution in [0.4, 0.5) is 5.82 Å². The molecule has 112 valence electrons. The fourth-order valence-corrected chi connectivity index (χ4v) is 2.53. The molecule has 1 heterocycles. The maximum Gasteiger partial charge on any atom is 0.228 e. The molecule has 1 aromatic carbocycles. The lowest BCUT2D eigenvalue weighted by molar-refractivity contribution is -0.118. The van der Waals surface area contributed by atoms with Gasteiger partial charge in [0.1, 0.15) is 5.82 Å². The van der Waals surface area contributed by atoms with Crippen LogP contribution in [0.1, 0.15) is 23.8 Å². The molecule has 0 aliphatic heterocycles. The summed E-state index contributed by atoms with van der Waals surface area (Å²) < 4.78 is 1.57. The second kappa shape index (κ2) is 6.47. The van der Waals surface area contributed by atoms with Crippen LogP contribution >= 0.6 is 23.2 Å². The summed E-state index contributed by atoms with van der Waals surface area (Å²) in [7, 11) is 1.73. The first-order chi connectivity index (χ1) is 9.85. The van der Waals surface area contributed by atoms with Crippen molar-refractivity contribution in [3.63, 3.8) is 0 Å². The number of amides is 1. The number of aliphatic hydroxyl groups is 1. The monoisotopic (exact) mass is 327 g/mol. The summed E-state index contributed by atoms with van der Waals surface area (Å²) >= 11 is 11.8. The van der Waals surface area contributed by atoms with Crippen molar-refractivity contribution >= 4 is 34.9 Å². The lowest BCUT2D eigenvalue weighted by Gasteiger charge is -2.12. The first kappa shape index (κ1) is 15.8. The molecule has 0 aliphatic carbocycles. The molecular formula is C14H15Cl2N3O2. The van der Waals surface area contributed by atoms with Crippen molar-refractivity contribution in [1.82, 2.24) is 9.78 Å². The average Bonchev–Trinajstić information content (AvgIpc) is 2.66. The van der Waals surface area contributed by atoms with Gasteiger partial charge in [-0.2, -0.15) is 5.10 Å². The van der Waals surface area contributed by atoms with Crippen molar-refractivity contribution in [1.29, 1.82) is 0 Å². The Hall–Kier alpha value is -1.56. The number of anilines is 1. The van der Waals surface area contributed by atoms with Crippen molar-refractivity contribution in [2.45, 2.75) is 19.4 Å². The van der Waals surface area contributed by atoms with E-state index < -0.39 is 6.10 Å². The molecular weight excluding hydrogens is 313 g/mol. The molecule has 0 saturated carbocycles. The van der Waals surface area contributed by atoms with Gasteiger partial charge in [0.25, 0.3) is 0 Å². The van der Waals surface area contributed by atoms with Crippen molar-refractivity contribution < 1.29 is 9.90 Å². The molecule has 1 unspecified atom stereocenters. The van der Waals surface area contributed by atoms with Crippen molar-refractivity contribution in [2.24, 2.45) is 7.05 Å². The first-order valence-corrected chi connectivity index (χ1v) is 7.05. The number of rotatable bonds is 4. The zero-order valence-corrected chi connectivity index (χ0v) is 13.1. The molecule has 0 spiro atoms. The number of aromatic nitrogens is 2. The topological polar surface area (TPSA) is 67.2 Å². The maximum absolute atomic E-state index is 11.9. The van der Waals surface area contributed by atoms with Crippen LogP contribution < -0.4 is 5.32 Å². The molecule has 5 nitrogen and oxygen atoms in total. The predicted molar refractivity (Wildman–Crippen MR) is 82.6 cm³/mol. The third kappa shape index (κ3) is 4.20. The van der Waals surface area contributed by atoms with Gasteiger partial charge in [-0.1, -0.05) is 23.2 Å². The van der Waals surface area contributed by atoms with Gasteiger partial charge in [0.05, 0.1) is 18.2 Å². The highest BCUT2D eigenvalue weighted by atomic mass is 35.5. The number of halogens is 2. The fraction of sp³-hybridized carbons (Fsp3) is 0.286. The first-order valence-electron chi connectivity index (χ1n) is 6.29. The van der Waals surface area contributed by atoms with Crippen molar-refractivity contribution in [3.05, 3.63) is 45.6 Å². The van der Waals surface area contributed by atoms with Gasteiger partial charge < -0.3 is 10.4 Å². The number of hydrogen-bond donors (Lipinski definition) is 2. The summed E-state index contributed by atoms with van der Waals surface area (Å²) in [6, 6.07) is 6.48. The average molecular weight is 328 g/mol. The third-order valence-corrected chi connectivity index (χ3v) is 3.35. The number of benzene rings is 1. The molecule has 0 fully saturated rings. The van der Waals surface area contributed by atoms with Gasteiger partial charge in [0, 0.05) is 23.2 Å². The number of aliphatic hydroxyl groups excluding tert-OH is 1. The van der Waals surface area contributed by atoms with E-state index in [0.29, 0.717) is 21.4 Å². The minimum atomic E-state index is -0.976. The molecule has 21 heavy (non-hydrogen) atoms. The fourth-order valence-electron chi connectivity index (χ4n) is 1.98. The molecule has 2 aromatic rings. The summed E-state index contributed by atoms with van der Waals surface area (Å²) in [5.41, 5.74) is 1.30. The minimum Gasteiger partial charge on any atom is -0.388 e. The molecule has 2 N–H and O–H groups in total. The van der Waals surface area contributed by atoms with Crippen LogP contribution in [0.2, 0.25) is 10.0 Å². The SMILES string of the molecule is Cc1cc(NC(=O)CC(O)c2cc(Cl)cc(Cl)c2)n(C)n1. The third-order valence-electron chi connectivity index (χ3n) is 2.92. The number of nitrogens with one attached hydrogen (secondary N) is 1. The van der Waals surface area contributed by atoms with E-state index in [0.717, 1.165) is 5.69 Å². The van der Waals surface area contributed by atoms with Gasteiger partial charge in [0.2, 0.25) is 5.91 Å². The van der Waals surface area contributed by atoms with E-state index in [1.807, 2.05) is 6.92 Å². The van der Waals surface area contributed by atoms with Gasteiger partial charge in [-0.05, 0) is 30.7 Å². The second-order valence-corrected chi connectivity index (χ2v) is 5.64. The molecule has 0 saturated heterocycles. The Balaban J connectivity index is 2.03. The number of nitrogens with zero attached hydrogens (tertiary/aromatic N) is 2.